The molecule has 0 bridgehead atoms. The van der Waals surface area contributed by atoms with Gasteiger partial charge in [0.15, 0.2) is 15.0 Å². The van der Waals surface area contributed by atoms with Gasteiger partial charge in [0, 0.05) is 29.4 Å². The van der Waals surface area contributed by atoms with Crippen molar-refractivity contribution in [1.29, 1.82) is 0 Å². The minimum Gasteiger partial charge on any atom is -0.348 e. The molecule has 4 rings (SSSR count). The summed E-state index contributed by atoms with van der Waals surface area (Å²) in [6.07, 6.45) is 2.07. The first-order valence-corrected chi connectivity index (χ1v) is 13.7. The summed E-state index contributed by atoms with van der Waals surface area (Å²) in [6.45, 7) is 7.89. The molecule has 4 nitrogen and oxygen atoms in total. The Morgan fingerprint density at radius 3 is 2.39 bits per heavy atom. The fourth-order valence-electron chi connectivity index (χ4n) is 4.41. The first-order chi connectivity index (χ1) is 14.8. The fourth-order valence-corrected chi connectivity index (χ4v) is 8.04. The van der Waals surface area contributed by atoms with Crippen LogP contribution < -0.4 is 4.90 Å². The summed E-state index contributed by atoms with van der Waals surface area (Å²) < 4.78 is 26.8. The number of anilines is 1. The zero-order chi connectivity index (χ0) is 22.2. The monoisotopic (exact) mass is 518 g/mol. The number of sulfone groups is 1. The van der Waals surface area contributed by atoms with Crippen LogP contribution >= 0.6 is 27.3 Å². The number of hydrogen-bond donors (Lipinski definition) is 0. The zero-order valence-electron chi connectivity index (χ0n) is 18.1. The van der Waals surface area contributed by atoms with Gasteiger partial charge in [-0.05, 0) is 78.4 Å². The Hall–Kier alpha value is -1.70. The number of nitrogens with zero attached hydrogens (tertiary/aromatic N) is 2. The Morgan fingerprint density at radius 2 is 1.74 bits per heavy atom. The van der Waals surface area contributed by atoms with Crippen molar-refractivity contribution in [1.82, 2.24) is 4.98 Å². The molecular formula is C24H27BrN2O2S2. The van der Waals surface area contributed by atoms with Crippen molar-refractivity contribution in [2.24, 2.45) is 0 Å². The highest BCUT2D eigenvalue weighted by Gasteiger charge is 2.33. The van der Waals surface area contributed by atoms with Gasteiger partial charge in [0.2, 0.25) is 0 Å². The number of piperidine rings is 1. The second kappa shape index (κ2) is 9.04. The molecule has 1 fully saturated rings. The van der Waals surface area contributed by atoms with Crippen LogP contribution in [0.2, 0.25) is 0 Å². The Labute approximate surface area is 197 Å². The standard InChI is InChI=1S/C24H27BrN2O2S2/c1-16-12-17(2)21(18(3)13-16)14-19-15-30-24(26-19)27-10-8-20(9-11-27)31(28,29)23-7-5-4-6-22(23)25/h4-7,12-13,15,20H,8-11,14H2,1-3H3. The van der Waals surface area contributed by atoms with Crippen molar-refractivity contribution in [2.75, 3.05) is 18.0 Å². The maximum atomic E-state index is 13.1. The second-order valence-corrected chi connectivity index (χ2v) is 12.2. The number of benzene rings is 2. The summed E-state index contributed by atoms with van der Waals surface area (Å²) in [4.78, 5) is 7.51. The predicted octanol–water partition coefficient (Wildman–Crippen LogP) is 5.86. The summed E-state index contributed by atoms with van der Waals surface area (Å²) in [7, 11) is -3.34. The molecule has 0 atom stereocenters. The largest absolute Gasteiger partial charge is 0.348 e. The van der Waals surface area contributed by atoms with E-state index < -0.39 is 9.84 Å². The summed E-state index contributed by atoms with van der Waals surface area (Å²) in [6, 6.07) is 11.6. The van der Waals surface area contributed by atoms with Gasteiger partial charge in [-0.2, -0.15) is 0 Å². The highest BCUT2D eigenvalue weighted by molar-refractivity contribution is 9.10. The maximum absolute atomic E-state index is 13.1. The highest BCUT2D eigenvalue weighted by atomic mass is 79.9. The zero-order valence-corrected chi connectivity index (χ0v) is 21.3. The normalized spacial score (nSPS) is 15.4. The molecule has 2 heterocycles. The molecule has 0 aliphatic carbocycles. The van der Waals surface area contributed by atoms with Crippen LogP contribution in [0.1, 0.15) is 40.8 Å². The van der Waals surface area contributed by atoms with Crippen LogP contribution in [0.3, 0.4) is 0 Å². The summed E-state index contributed by atoms with van der Waals surface area (Å²) >= 11 is 5.05. The molecule has 1 aromatic heterocycles. The van der Waals surface area contributed by atoms with Crippen molar-refractivity contribution in [3.63, 3.8) is 0 Å². The highest BCUT2D eigenvalue weighted by Crippen LogP contribution is 2.32. The van der Waals surface area contributed by atoms with E-state index in [0.29, 0.717) is 35.3 Å². The lowest BCUT2D eigenvalue weighted by Gasteiger charge is -2.31. The van der Waals surface area contributed by atoms with E-state index in [1.165, 1.54) is 22.3 Å². The molecule has 2 aromatic carbocycles. The summed E-state index contributed by atoms with van der Waals surface area (Å²) in [5.74, 6) is 0. The van der Waals surface area contributed by atoms with Gasteiger partial charge in [-0.15, -0.1) is 11.3 Å². The van der Waals surface area contributed by atoms with E-state index in [1.54, 1.807) is 29.5 Å². The van der Waals surface area contributed by atoms with Gasteiger partial charge in [-0.25, -0.2) is 13.4 Å². The van der Waals surface area contributed by atoms with Gasteiger partial charge in [-0.1, -0.05) is 29.8 Å². The average molecular weight is 520 g/mol. The summed E-state index contributed by atoms with van der Waals surface area (Å²) in [5.41, 5.74) is 6.34. The van der Waals surface area contributed by atoms with Crippen molar-refractivity contribution in [2.45, 2.75) is 50.2 Å². The van der Waals surface area contributed by atoms with Crippen LogP contribution in [0.5, 0.6) is 0 Å². The Balaban J connectivity index is 1.44. The van der Waals surface area contributed by atoms with Crippen molar-refractivity contribution in [3.8, 4) is 0 Å². The van der Waals surface area contributed by atoms with E-state index >= 15 is 0 Å². The number of aromatic nitrogens is 1. The molecule has 0 saturated carbocycles. The molecule has 1 aliphatic rings. The van der Waals surface area contributed by atoms with Crippen LogP contribution in [0.4, 0.5) is 5.13 Å². The van der Waals surface area contributed by atoms with E-state index in [2.05, 4.69) is 59.1 Å². The molecule has 0 radical (unpaired) electrons. The van der Waals surface area contributed by atoms with Crippen LogP contribution in [-0.4, -0.2) is 31.7 Å². The quantitative estimate of drug-likeness (QED) is 0.424. The van der Waals surface area contributed by atoms with E-state index in [-0.39, 0.29) is 5.25 Å². The molecule has 1 aliphatic heterocycles. The summed E-state index contributed by atoms with van der Waals surface area (Å²) in [5, 5.41) is 2.78. The fraction of sp³-hybridized carbons (Fsp3) is 0.375. The maximum Gasteiger partial charge on any atom is 0.185 e. The molecule has 164 valence electrons. The Bertz CT molecular complexity index is 1170. The molecule has 0 spiro atoms. The smallest absolute Gasteiger partial charge is 0.185 e. The number of aryl methyl sites for hydroxylation is 3. The molecule has 31 heavy (non-hydrogen) atoms. The minimum absolute atomic E-state index is 0.347. The average Bonchev–Trinajstić information content (AvgIpc) is 3.20. The van der Waals surface area contributed by atoms with Gasteiger partial charge < -0.3 is 4.90 Å². The van der Waals surface area contributed by atoms with Gasteiger partial charge >= 0.3 is 0 Å². The number of halogens is 1. The third kappa shape index (κ3) is 4.73. The van der Waals surface area contributed by atoms with Crippen LogP contribution in [0, 0.1) is 20.8 Å². The first-order valence-electron chi connectivity index (χ1n) is 10.5. The van der Waals surface area contributed by atoms with Crippen LogP contribution in [0.25, 0.3) is 0 Å². The predicted molar refractivity (Wildman–Crippen MR) is 132 cm³/mol. The van der Waals surface area contributed by atoms with E-state index in [4.69, 9.17) is 4.98 Å². The number of thiazole rings is 1. The van der Waals surface area contributed by atoms with Crippen molar-refractivity contribution >= 4 is 42.2 Å². The van der Waals surface area contributed by atoms with Gasteiger partial charge in [0.25, 0.3) is 0 Å². The van der Waals surface area contributed by atoms with Crippen LogP contribution in [0.15, 0.2) is 51.1 Å². The molecular weight excluding hydrogens is 492 g/mol. The topological polar surface area (TPSA) is 50.3 Å². The van der Waals surface area contributed by atoms with E-state index in [9.17, 15) is 8.42 Å². The van der Waals surface area contributed by atoms with Crippen molar-refractivity contribution in [3.05, 3.63) is 74.2 Å². The third-order valence-corrected chi connectivity index (χ3v) is 10.3. The van der Waals surface area contributed by atoms with Crippen LogP contribution in [-0.2, 0) is 16.3 Å². The molecule has 1 saturated heterocycles. The second-order valence-electron chi connectivity index (χ2n) is 8.34. The van der Waals surface area contributed by atoms with Crippen molar-refractivity contribution < 1.29 is 8.42 Å². The molecule has 0 N–H and O–H groups in total. The SMILES string of the molecule is Cc1cc(C)c(Cc2csc(N3CCC(S(=O)(=O)c4ccccc4Br)CC3)n2)c(C)c1. The lowest BCUT2D eigenvalue weighted by molar-refractivity contribution is 0.529. The van der Waals surface area contributed by atoms with Gasteiger partial charge in [-0.3, -0.25) is 0 Å². The minimum atomic E-state index is -3.34. The molecule has 3 aromatic rings. The van der Waals surface area contributed by atoms with E-state index in [1.807, 2.05) is 6.07 Å². The number of hydrogen-bond acceptors (Lipinski definition) is 5. The van der Waals surface area contributed by atoms with E-state index in [0.717, 1.165) is 17.2 Å². The molecule has 0 amide bonds. The van der Waals surface area contributed by atoms with Gasteiger partial charge in [0.05, 0.1) is 15.8 Å². The van der Waals surface area contributed by atoms with Gasteiger partial charge in [0.1, 0.15) is 0 Å². The first kappa shape index (κ1) is 22.5. The Kier molecular flexibility index (Phi) is 6.56. The molecule has 0 unspecified atom stereocenters. The lowest BCUT2D eigenvalue weighted by Crippen LogP contribution is -2.39. The lowest BCUT2D eigenvalue weighted by atomic mass is 9.96. The molecule has 7 heteroatoms. The third-order valence-electron chi connectivity index (χ3n) is 6.03. The Morgan fingerprint density at radius 1 is 1.10 bits per heavy atom. The number of rotatable bonds is 5.